The maximum atomic E-state index is 12.9. The van der Waals surface area contributed by atoms with Gasteiger partial charge in [0.05, 0.1) is 22.8 Å². The third-order valence-corrected chi connectivity index (χ3v) is 6.97. The number of hydrogen-bond acceptors (Lipinski definition) is 4. The summed E-state index contributed by atoms with van der Waals surface area (Å²) in [5.41, 5.74) is 0.446. The Hall–Kier alpha value is -1.19. The average Bonchev–Trinajstić information content (AvgIpc) is 2.61. The Morgan fingerprint density at radius 1 is 1.04 bits per heavy atom. The van der Waals surface area contributed by atoms with E-state index in [-0.39, 0.29) is 31.2 Å². The second-order valence-corrected chi connectivity index (χ2v) is 9.09. The van der Waals surface area contributed by atoms with E-state index in [1.807, 2.05) is 13.8 Å². The van der Waals surface area contributed by atoms with Gasteiger partial charge in [0, 0.05) is 39.3 Å². The highest BCUT2D eigenvalue weighted by Crippen LogP contribution is 2.21. The van der Waals surface area contributed by atoms with Crippen LogP contribution in [0.1, 0.15) is 24.2 Å². The van der Waals surface area contributed by atoms with Crippen LogP contribution in [0, 0.1) is 0 Å². The zero-order valence-electron chi connectivity index (χ0n) is 15.0. The van der Waals surface area contributed by atoms with Gasteiger partial charge >= 0.3 is 0 Å². The highest BCUT2D eigenvalue weighted by Gasteiger charge is 2.37. The minimum Gasteiger partial charge on any atom is -0.373 e. The first-order valence-corrected chi connectivity index (χ1v) is 10.5. The number of morpholine rings is 1. The average molecular weight is 402 g/mol. The summed E-state index contributed by atoms with van der Waals surface area (Å²) in [4.78, 5) is 14.3. The van der Waals surface area contributed by atoms with Crippen molar-refractivity contribution in [2.24, 2.45) is 0 Å². The lowest BCUT2D eigenvalue weighted by Gasteiger charge is -2.40. The Balaban J connectivity index is 1.64. The van der Waals surface area contributed by atoms with Gasteiger partial charge in [-0.25, -0.2) is 0 Å². The topological polar surface area (TPSA) is 70.2 Å². The van der Waals surface area contributed by atoms with Crippen molar-refractivity contribution in [3.05, 3.63) is 34.9 Å². The van der Waals surface area contributed by atoms with E-state index in [1.165, 1.54) is 8.61 Å². The van der Waals surface area contributed by atoms with Gasteiger partial charge in [-0.1, -0.05) is 23.7 Å². The van der Waals surface area contributed by atoms with Gasteiger partial charge in [0.2, 0.25) is 0 Å². The molecule has 7 nitrogen and oxygen atoms in total. The quantitative estimate of drug-likeness (QED) is 0.768. The summed E-state index contributed by atoms with van der Waals surface area (Å²) in [6.07, 6.45) is -0.256. The first kappa shape index (κ1) is 19.6. The summed E-state index contributed by atoms with van der Waals surface area (Å²) in [5, 5.41) is 0.406. The Morgan fingerprint density at radius 3 is 2.19 bits per heavy atom. The van der Waals surface area contributed by atoms with Crippen LogP contribution in [0.15, 0.2) is 24.3 Å². The predicted octanol–water partition coefficient (Wildman–Crippen LogP) is 1.45. The number of halogens is 1. The maximum Gasteiger partial charge on any atom is 0.282 e. The lowest BCUT2D eigenvalue weighted by atomic mass is 10.2. The van der Waals surface area contributed by atoms with E-state index in [0.29, 0.717) is 36.8 Å². The minimum absolute atomic E-state index is 0.128. The van der Waals surface area contributed by atoms with Crippen molar-refractivity contribution >= 4 is 27.7 Å². The van der Waals surface area contributed by atoms with Crippen molar-refractivity contribution in [3.8, 4) is 0 Å². The number of amides is 1. The summed E-state index contributed by atoms with van der Waals surface area (Å²) in [7, 11) is -3.55. The van der Waals surface area contributed by atoms with Crippen LogP contribution in [0.4, 0.5) is 0 Å². The standard InChI is InChI=1S/C17H24ClN3O4S/c1-13-11-21(12-14(2)25-13)26(23,24)20-9-7-19(8-10-20)17(22)15-5-3-4-6-16(15)18/h3-6,13-14H,7-12H2,1-2H3. The Morgan fingerprint density at radius 2 is 1.62 bits per heavy atom. The summed E-state index contributed by atoms with van der Waals surface area (Å²) >= 11 is 6.10. The second-order valence-electron chi connectivity index (χ2n) is 6.75. The molecule has 2 aliphatic rings. The molecule has 2 unspecified atom stereocenters. The Kier molecular flexibility index (Phi) is 5.88. The molecule has 0 N–H and O–H groups in total. The molecule has 0 aromatic heterocycles. The van der Waals surface area contributed by atoms with Crippen LogP contribution >= 0.6 is 11.6 Å². The maximum absolute atomic E-state index is 12.9. The molecule has 144 valence electrons. The minimum atomic E-state index is -3.55. The molecule has 26 heavy (non-hydrogen) atoms. The molecule has 0 aliphatic carbocycles. The molecule has 0 radical (unpaired) electrons. The van der Waals surface area contributed by atoms with Gasteiger partial charge in [0.1, 0.15) is 0 Å². The molecule has 0 saturated carbocycles. The van der Waals surface area contributed by atoms with Gasteiger partial charge in [0.15, 0.2) is 0 Å². The van der Waals surface area contributed by atoms with Gasteiger partial charge in [-0.2, -0.15) is 17.0 Å². The molecule has 9 heteroatoms. The molecule has 2 atom stereocenters. The summed E-state index contributed by atoms with van der Waals surface area (Å²) in [5.74, 6) is -0.165. The third-order valence-electron chi connectivity index (χ3n) is 4.67. The van der Waals surface area contributed by atoms with E-state index in [2.05, 4.69) is 0 Å². The smallest absolute Gasteiger partial charge is 0.282 e. The second kappa shape index (κ2) is 7.82. The largest absolute Gasteiger partial charge is 0.373 e. The molecule has 2 fully saturated rings. The number of nitrogens with zero attached hydrogens (tertiary/aromatic N) is 3. The van der Waals surface area contributed by atoms with E-state index in [4.69, 9.17) is 16.3 Å². The van der Waals surface area contributed by atoms with Crippen LogP contribution in [-0.4, -0.2) is 79.3 Å². The first-order chi connectivity index (χ1) is 12.3. The van der Waals surface area contributed by atoms with Crippen LogP contribution in [0.2, 0.25) is 5.02 Å². The Labute approximate surface area is 159 Å². The number of ether oxygens (including phenoxy) is 1. The fourth-order valence-electron chi connectivity index (χ4n) is 3.41. The zero-order chi connectivity index (χ0) is 18.9. The van der Waals surface area contributed by atoms with Gasteiger partial charge < -0.3 is 9.64 Å². The van der Waals surface area contributed by atoms with E-state index in [1.54, 1.807) is 29.2 Å². The van der Waals surface area contributed by atoms with Gasteiger partial charge in [-0.05, 0) is 26.0 Å². The predicted molar refractivity (Wildman–Crippen MR) is 99.4 cm³/mol. The molecule has 2 aliphatic heterocycles. The van der Waals surface area contributed by atoms with Crippen LogP contribution in [0.3, 0.4) is 0 Å². The summed E-state index contributed by atoms with van der Waals surface area (Å²) in [6, 6.07) is 6.90. The molecular formula is C17H24ClN3O4S. The van der Waals surface area contributed by atoms with Crippen molar-refractivity contribution in [2.45, 2.75) is 26.1 Å². The fourth-order valence-corrected chi connectivity index (χ4v) is 5.37. The van der Waals surface area contributed by atoms with Crippen molar-refractivity contribution in [2.75, 3.05) is 39.3 Å². The SMILES string of the molecule is CC1CN(S(=O)(=O)N2CCN(C(=O)c3ccccc3Cl)CC2)CC(C)O1. The molecule has 2 saturated heterocycles. The molecule has 3 rings (SSSR count). The summed E-state index contributed by atoms with van der Waals surface area (Å²) in [6.45, 7) is 5.70. The molecule has 1 aromatic carbocycles. The molecule has 0 bridgehead atoms. The zero-order valence-corrected chi connectivity index (χ0v) is 16.5. The number of piperazine rings is 1. The van der Waals surface area contributed by atoms with Gasteiger partial charge in [-0.15, -0.1) is 0 Å². The number of rotatable bonds is 3. The summed E-state index contributed by atoms with van der Waals surface area (Å²) < 4.78 is 34.4. The Bertz CT molecular complexity index is 755. The van der Waals surface area contributed by atoms with Crippen LogP contribution in [0.5, 0.6) is 0 Å². The monoisotopic (exact) mass is 401 g/mol. The lowest BCUT2D eigenvalue weighted by Crippen LogP contribution is -2.57. The fraction of sp³-hybridized carbons (Fsp3) is 0.588. The lowest BCUT2D eigenvalue weighted by molar-refractivity contribution is -0.0457. The van der Waals surface area contributed by atoms with Crippen LogP contribution in [-0.2, 0) is 14.9 Å². The van der Waals surface area contributed by atoms with Gasteiger partial charge in [0.25, 0.3) is 16.1 Å². The number of carbonyl (C=O) groups is 1. The van der Waals surface area contributed by atoms with Crippen LogP contribution < -0.4 is 0 Å². The molecular weight excluding hydrogens is 378 g/mol. The molecule has 0 spiro atoms. The van der Waals surface area contributed by atoms with Crippen molar-refractivity contribution in [3.63, 3.8) is 0 Å². The number of carbonyl (C=O) groups excluding carboxylic acids is 1. The normalized spacial score (nSPS) is 26.0. The molecule has 2 heterocycles. The number of benzene rings is 1. The van der Waals surface area contributed by atoms with Crippen molar-refractivity contribution in [1.82, 2.24) is 13.5 Å². The van der Waals surface area contributed by atoms with Crippen molar-refractivity contribution < 1.29 is 17.9 Å². The van der Waals surface area contributed by atoms with E-state index in [0.717, 1.165) is 0 Å². The van der Waals surface area contributed by atoms with E-state index < -0.39 is 10.2 Å². The highest BCUT2D eigenvalue weighted by atomic mass is 35.5. The van der Waals surface area contributed by atoms with Crippen molar-refractivity contribution in [1.29, 1.82) is 0 Å². The van der Waals surface area contributed by atoms with E-state index in [9.17, 15) is 13.2 Å². The highest BCUT2D eigenvalue weighted by molar-refractivity contribution is 7.86. The van der Waals surface area contributed by atoms with E-state index >= 15 is 0 Å². The number of hydrogen-bond donors (Lipinski definition) is 0. The van der Waals surface area contributed by atoms with Crippen LogP contribution in [0.25, 0.3) is 0 Å². The molecule has 1 aromatic rings. The molecule has 1 amide bonds. The van der Waals surface area contributed by atoms with Gasteiger partial charge in [-0.3, -0.25) is 4.79 Å². The third kappa shape index (κ3) is 4.04. The first-order valence-electron chi connectivity index (χ1n) is 8.73.